The first-order valence-corrected chi connectivity index (χ1v) is 13.3. The third kappa shape index (κ3) is 5.41. The number of alkyl carbamates (subject to hydrolysis) is 1. The highest BCUT2D eigenvalue weighted by molar-refractivity contribution is 7.92. The third-order valence-corrected chi connectivity index (χ3v) is 9.78. The maximum Gasteiger partial charge on any atom is 0.406 e. The molecule has 3 unspecified atom stereocenters. The van der Waals surface area contributed by atoms with Crippen LogP contribution in [0.4, 0.5) is 23.7 Å². The zero-order chi connectivity index (χ0) is 27.1. The first kappa shape index (κ1) is 27.2. The minimum atomic E-state index is -4.08. The molecule has 2 saturated carbocycles. The molecule has 0 heterocycles. The van der Waals surface area contributed by atoms with Gasteiger partial charge in [0.2, 0.25) is 0 Å². The van der Waals surface area contributed by atoms with E-state index in [9.17, 15) is 36.3 Å². The van der Waals surface area contributed by atoms with Crippen LogP contribution in [0.25, 0.3) is 0 Å². The topological polar surface area (TPSA) is 122 Å². The normalized spacial score (nSPS) is 25.0. The molecule has 0 spiro atoms. The SMILES string of the molecule is CNC(=O)OCC1(O)CC2CC[C@@H](C1)C2S(=O)(=O)c1cc(C(=O)Nc2cc(F)c(F)c(F)c2)ccc1Cl. The van der Waals surface area contributed by atoms with Crippen LogP contribution in [0.5, 0.6) is 0 Å². The highest BCUT2D eigenvalue weighted by Gasteiger charge is 2.54. The van der Waals surface area contributed by atoms with E-state index in [0.29, 0.717) is 25.0 Å². The molecule has 3 N–H and O–H groups in total. The molecule has 2 amide bonds. The second-order valence-electron chi connectivity index (χ2n) is 9.42. The summed E-state index contributed by atoms with van der Waals surface area (Å²) in [6.07, 6.45) is 0.573. The molecule has 2 aliphatic rings. The van der Waals surface area contributed by atoms with E-state index in [2.05, 4.69) is 10.6 Å². The van der Waals surface area contributed by atoms with E-state index in [1.165, 1.54) is 19.2 Å². The van der Waals surface area contributed by atoms with Crippen LogP contribution in [0.3, 0.4) is 0 Å². The number of amides is 2. The van der Waals surface area contributed by atoms with Gasteiger partial charge in [-0.25, -0.2) is 26.4 Å². The molecule has 13 heteroatoms. The van der Waals surface area contributed by atoms with Crippen LogP contribution in [0, 0.1) is 29.3 Å². The minimum absolute atomic E-state index is 0.101. The Labute approximate surface area is 216 Å². The number of aliphatic hydroxyl groups is 1. The summed E-state index contributed by atoms with van der Waals surface area (Å²) in [6, 6.07) is 4.75. The fourth-order valence-electron chi connectivity index (χ4n) is 5.37. The second kappa shape index (κ2) is 10.1. The highest BCUT2D eigenvalue weighted by atomic mass is 35.5. The van der Waals surface area contributed by atoms with Gasteiger partial charge in [0.15, 0.2) is 27.3 Å². The van der Waals surface area contributed by atoms with Crippen LogP contribution in [0.1, 0.15) is 36.0 Å². The molecule has 2 aliphatic carbocycles. The molecule has 4 atom stereocenters. The third-order valence-electron chi connectivity index (χ3n) is 6.90. The zero-order valence-electron chi connectivity index (χ0n) is 19.6. The van der Waals surface area contributed by atoms with Gasteiger partial charge in [0.25, 0.3) is 5.91 Å². The van der Waals surface area contributed by atoms with Crippen LogP contribution in [-0.2, 0) is 14.6 Å². The van der Waals surface area contributed by atoms with Crippen molar-refractivity contribution in [3.05, 3.63) is 58.4 Å². The van der Waals surface area contributed by atoms with Gasteiger partial charge in [-0.1, -0.05) is 11.6 Å². The highest BCUT2D eigenvalue weighted by Crippen LogP contribution is 2.51. The van der Waals surface area contributed by atoms with Gasteiger partial charge in [0.1, 0.15) is 6.61 Å². The fraction of sp³-hybridized carbons (Fsp3) is 0.417. The Hall–Kier alpha value is -2.83. The van der Waals surface area contributed by atoms with Crippen LogP contribution < -0.4 is 10.6 Å². The molecule has 8 nitrogen and oxygen atoms in total. The minimum Gasteiger partial charge on any atom is -0.447 e. The fourth-order valence-corrected chi connectivity index (χ4v) is 8.22. The number of nitrogens with one attached hydrogen (secondary N) is 2. The van der Waals surface area contributed by atoms with Gasteiger partial charge in [-0.3, -0.25) is 4.79 Å². The lowest BCUT2D eigenvalue weighted by molar-refractivity contribution is -0.0632. The summed E-state index contributed by atoms with van der Waals surface area (Å²) >= 11 is 6.23. The number of carbonyl (C=O) groups is 2. The first-order chi connectivity index (χ1) is 17.3. The Morgan fingerprint density at radius 3 is 2.27 bits per heavy atom. The van der Waals surface area contributed by atoms with E-state index in [1.54, 1.807) is 0 Å². The van der Waals surface area contributed by atoms with E-state index in [-0.39, 0.29) is 40.6 Å². The maximum absolute atomic E-state index is 13.7. The number of fused-ring (bicyclic) bond motifs is 2. The number of sulfone groups is 1. The van der Waals surface area contributed by atoms with Crippen molar-refractivity contribution in [2.75, 3.05) is 19.0 Å². The molecule has 0 radical (unpaired) electrons. The van der Waals surface area contributed by atoms with E-state index >= 15 is 0 Å². The molecule has 0 saturated heterocycles. The van der Waals surface area contributed by atoms with Crippen LogP contribution >= 0.6 is 11.6 Å². The van der Waals surface area contributed by atoms with E-state index in [1.807, 2.05) is 0 Å². The van der Waals surface area contributed by atoms with Crippen molar-refractivity contribution in [1.82, 2.24) is 5.32 Å². The number of rotatable bonds is 6. The van der Waals surface area contributed by atoms with Gasteiger partial charge in [-0.2, -0.15) is 0 Å². The monoisotopic (exact) mass is 560 g/mol. The Balaban J connectivity index is 1.57. The molecular weight excluding hydrogens is 537 g/mol. The zero-order valence-corrected chi connectivity index (χ0v) is 21.1. The van der Waals surface area contributed by atoms with E-state index in [0.717, 1.165) is 6.07 Å². The number of hydrogen-bond donors (Lipinski definition) is 3. The molecule has 200 valence electrons. The summed E-state index contributed by atoms with van der Waals surface area (Å²) in [4.78, 5) is 23.8. The van der Waals surface area contributed by atoms with Gasteiger partial charge in [0, 0.05) is 30.4 Å². The van der Waals surface area contributed by atoms with Gasteiger partial charge in [-0.15, -0.1) is 0 Å². The van der Waals surface area contributed by atoms with Crippen LogP contribution in [0.15, 0.2) is 35.2 Å². The van der Waals surface area contributed by atoms with Crippen molar-refractivity contribution in [2.24, 2.45) is 11.8 Å². The van der Waals surface area contributed by atoms with Crippen molar-refractivity contribution in [2.45, 2.75) is 41.4 Å². The average Bonchev–Trinajstić information content (AvgIpc) is 3.14. The lowest BCUT2D eigenvalue weighted by Crippen LogP contribution is -2.49. The molecule has 2 fully saturated rings. The molecule has 37 heavy (non-hydrogen) atoms. The molecule has 2 bridgehead atoms. The number of hydrogen-bond acceptors (Lipinski definition) is 6. The summed E-state index contributed by atoms with van der Waals surface area (Å²) < 4.78 is 72.7. The largest absolute Gasteiger partial charge is 0.447 e. The van der Waals surface area contributed by atoms with Gasteiger partial charge in [0.05, 0.1) is 20.8 Å². The number of ether oxygens (including phenoxy) is 1. The summed E-state index contributed by atoms with van der Waals surface area (Å²) in [7, 11) is -2.69. The van der Waals surface area contributed by atoms with E-state index in [4.69, 9.17) is 16.3 Å². The molecule has 0 aliphatic heterocycles. The number of benzene rings is 2. The Kier molecular flexibility index (Phi) is 7.46. The number of halogens is 4. The smallest absolute Gasteiger partial charge is 0.406 e. The Morgan fingerprint density at radius 2 is 1.70 bits per heavy atom. The summed E-state index contributed by atoms with van der Waals surface area (Å²) in [6.45, 7) is -0.270. The Morgan fingerprint density at radius 1 is 1.11 bits per heavy atom. The van der Waals surface area contributed by atoms with Gasteiger partial charge in [-0.05, 0) is 55.7 Å². The lowest BCUT2D eigenvalue weighted by atomic mass is 9.77. The second-order valence-corrected chi connectivity index (χ2v) is 11.9. The van der Waals surface area contributed by atoms with Gasteiger partial charge < -0.3 is 20.5 Å². The maximum atomic E-state index is 13.7. The van der Waals surface area contributed by atoms with Crippen LogP contribution in [0.2, 0.25) is 5.02 Å². The summed E-state index contributed by atoms with van der Waals surface area (Å²) in [5.41, 5.74) is -1.87. The van der Waals surface area contributed by atoms with Crippen molar-refractivity contribution < 1.29 is 41.0 Å². The van der Waals surface area contributed by atoms with Crippen LogP contribution in [-0.4, -0.2) is 50.0 Å². The first-order valence-electron chi connectivity index (χ1n) is 11.4. The standard InChI is InChI=1S/C24H24ClF3N2O6S/c1-29-23(32)36-11-24(33)9-13-2-3-14(10-24)21(13)37(34,35)19-6-12(4-5-16(19)25)22(31)30-15-7-17(26)20(28)18(27)8-15/h4-8,13-14,21,33H,2-3,9-11H2,1H3,(H,29,32)(H,30,31)/t13-,14?,21?,24?/m0/s1. The van der Waals surface area contributed by atoms with Crippen molar-refractivity contribution in [3.8, 4) is 0 Å². The lowest BCUT2D eigenvalue weighted by Gasteiger charge is -2.40. The molecule has 4 rings (SSSR count). The van der Waals surface area contributed by atoms with Crippen molar-refractivity contribution in [3.63, 3.8) is 0 Å². The molecule has 0 aromatic heterocycles. The molecular formula is C24H24ClF3N2O6S. The molecule has 2 aromatic carbocycles. The average molecular weight is 561 g/mol. The van der Waals surface area contributed by atoms with E-state index < -0.39 is 62.0 Å². The summed E-state index contributed by atoms with van der Waals surface area (Å²) in [5.74, 6) is -6.43. The quantitative estimate of drug-likeness (QED) is 0.458. The van der Waals surface area contributed by atoms with Gasteiger partial charge >= 0.3 is 6.09 Å². The Bertz CT molecular complexity index is 1320. The number of anilines is 1. The predicted molar refractivity (Wildman–Crippen MR) is 128 cm³/mol. The molecule has 2 aromatic rings. The van der Waals surface area contributed by atoms with Crippen molar-refractivity contribution in [1.29, 1.82) is 0 Å². The predicted octanol–water partition coefficient (Wildman–Crippen LogP) is 4.06. The van der Waals surface area contributed by atoms with Crippen molar-refractivity contribution >= 4 is 39.1 Å². The number of carbonyl (C=O) groups excluding carboxylic acids is 2. The summed E-state index contributed by atoms with van der Waals surface area (Å²) in [5, 5.41) is 14.5.